The lowest BCUT2D eigenvalue weighted by atomic mass is 10.0. The van der Waals surface area contributed by atoms with Crippen LogP contribution in [0.2, 0.25) is 0 Å². The fourth-order valence-corrected chi connectivity index (χ4v) is 1.16. The van der Waals surface area contributed by atoms with Crippen molar-refractivity contribution >= 4 is 0 Å². The molecular weight excluding hydrogens is 132 g/mol. The fraction of sp³-hybridized carbons (Fsp3) is 1.00. The van der Waals surface area contributed by atoms with E-state index in [-0.39, 0.29) is 19.1 Å². The van der Waals surface area contributed by atoms with Gasteiger partial charge in [0, 0.05) is 7.11 Å². The van der Waals surface area contributed by atoms with Gasteiger partial charge >= 0.3 is 0 Å². The van der Waals surface area contributed by atoms with E-state index >= 15 is 0 Å². The van der Waals surface area contributed by atoms with Crippen LogP contribution in [0.25, 0.3) is 0 Å². The Kier molecular flexibility index (Phi) is 2.28. The van der Waals surface area contributed by atoms with Gasteiger partial charge in [-0.1, -0.05) is 0 Å². The molecule has 0 amide bonds. The first-order chi connectivity index (χ1) is 4.73. The van der Waals surface area contributed by atoms with E-state index in [1.54, 1.807) is 0 Å². The van der Waals surface area contributed by atoms with Gasteiger partial charge in [-0.2, -0.15) is 0 Å². The zero-order chi connectivity index (χ0) is 7.61. The molecule has 0 aromatic heterocycles. The van der Waals surface area contributed by atoms with E-state index in [0.29, 0.717) is 0 Å². The summed E-state index contributed by atoms with van der Waals surface area (Å²) in [7, 11) is 1.53. The Morgan fingerprint density at radius 1 is 1.60 bits per heavy atom. The quantitative estimate of drug-likeness (QED) is 0.576. The summed E-state index contributed by atoms with van der Waals surface area (Å²) in [6.45, 7) is 0.0552. The molecule has 1 fully saturated rings. The lowest BCUT2D eigenvalue weighted by Crippen LogP contribution is -2.40. The van der Waals surface area contributed by atoms with Gasteiger partial charge in [0.25, 0.3) is 0 Å². The van der Waals surface area contributed by atoms with Gasteiger partial charge in [0.05, 0.1) is 13.2 Å². The van der Waals surface area contributed by atoms with E-state index in [2.05, 4.69) is 0 Å². The Labute approximate surface area is 60.6 Å². The van der Waals surface area contributed by atoms with Gasteiger partial charge < -0.3 is 14.9 Å². The normalized spacial score (nSPS) is 24.3. The Balaban J connectivity index is 2.39. The molecule has 3 heteroatoms. The molecule has 1 unspecified atom stereocenters. The predicted molar refractivity (Wildman–Crippen MR) is 36.6 cm³/mol. The first-order valence-electron chi connectivity index (χ1n) is 3.55. The lowest BCUT2D eigenvalue weighted by Gasteiger charge is -2.24. The van der Waals surface area contributed by atoms with E-state index in [1.165, 1.54) is 7.11 Å². The lowest BCUT2D eigenvalue weighted by molar-refractivity contribution is -0.0816. The largest absolute Gasteiger partial charge is 0.393 e. The minimum Gasteiger partial charge on any atom is -0.393 e. The second-order valence-corrected chi connectivity index (χ2v) is 2.97. The van der Waals surface area contributed by atoms with Crippen LogP contribution in [0.4, 0.5) is 0 Å². The van der Waals surface area contributed by atoms with Crippen molar-refractivity contribution in [3.8, 4) is 0 Å². The smallest absolute Gasteiger partial charge is 0.114 e. The van der Waals surface area contributed by atoms with Crippen LogP contribution in [0.3, 0.4) is 0 Å². The van der Waals surface area contributed by atoms with Crippen molar-refractivity contribution in [3.05, 3.63) is 0 Å². The van der Waals surface area contributed by atoms with Crippen molar-refractivity contribution in [2.45, 2.75) is 18.4 Å². The van der Waals surface area contributed by atoms with E-state index in [0.717, 1.165) is 12.8 Å². The Morgan fingerprint density at radius 3 is 2.50 bits per heavy atom. The van der Waals surface area contributed by atoms with Crippen molar-refractivity contribution in [2.75, 3.05) is 20.3 Å². The van der Waals surface area contributed by atoms with Gasteiger partial charge in [-0.25, -0.2) is 0 Å². The van der Waals surface area contributed by atoms with Crippen LogP contribution in [0, 0.1) is 5.92 Å². The molecule has 1 aliphatic carbocycles. The van der Waals surface area contributed by atoms with Crippen molar-refractivity contribution in [3.63, 3.8) is 0 Å². The molecule has 3 nitrogen and oxygen atoms in total. The summed E-state index contributed by atoms with van der Waals surface area (Å²) in [6.07, 6.45) is 2.03. The first-order valence-corrected chi connectivity index (χ1v) is 3.55. The zero-order valence-corrected chi connectivity index (χ0v) is 6.21. The van der Waals surface area contributed by atoms with E-state index < -0.39 is 5.60 Å². The second kappa shape index (κ2) is 2.86. The van der Waals surface area contributed by atoms with Crippen LogP contribution in [0.5, 0.6) is 0 Å². The van der Waals surface area contributed by atoms with E-state index in [9.17, 15) is 5.11 Å². The summed E-state index contributed by atoms with van der Waals surface area (Å²) in [5, 5.41) is 18.4. The maximum absolute atomic E-state index is 9.58. The fourth-order valence-electron chi connectivity index (χ4n) is 1.16. The van der Waals surface area contributed by atoms with Crippen molar-refractivity contribution in [1.82, 2.24) is 0 Å². The maximum atomic E-state index is 9.58. The van der Waals surface area contributed by atoms with Crippen molar-refractivity contribution < 1.29 is 14.9 Å². The second-order valence-electron chi connectivity index (χ2n) is 2.97. The SMILES string of the molecule is COCC(O)(CO)C1CC1. The molecular formula is C7H14O3. The third kappa shape index (κ3) is 1.48. The van der Waals surface area contributed by atoms with Crippen LogP contribution in [0.1, 0.15) is 12.8 Å². The highest BCUT2D eigenvalue weighted by molar-refractivity contribution is 4.94. The number of methoxy groups -OCH3 is 1. The van der Waals surface area contributed by atoms with Crippen molar-refractivity contribution in [2.24, 2.45) is 5.92 Å². The molecule has 0 aliphatic heterocycles. The van der Waals surface area contributed by atoms with Crippen molar-refractivity contribution in [1.29, 1.82) is 0 Å². The molecule has 2 N–H and O–H groups in total. The number of hydrogen-bond acceptors (Lipinski definition) is 3. The molecule has 0 aromatic rings. The molecule has 10 heavy (non-hydrogen) atoms. The predicted octanol–water partition coefficient (Wildman–Crippen LogP) is -0.234. The van der Waals surface area contributed by atoms with Crippen LogP contribution < -0.4 is 0 Å². The van der Waals surface area contributed by atoms with Gasteiger partial charge in [-0.15, -0.1) is 0 Å². The molecule has 0 heterocycles. The highest BCUT2D eigenvalue weighted by Gasteiger charge is 2.43. The molecule has 1 atom stereocenters. The molecule has 60 valence electrons. The number of ether oxygens (including phenoxy) is 1. The average Bonchev–Trinajstić information content (AvgIpc) is 2.69. The standard InChI is InChI=1S/C7H14O3/c1-10-5-7(9,4-8)6-2-3-6/h6,8-9H,2-5H2,1H3. The van der Waals surface area contributed by atoms with Crippen LogP contribution in [-0.2, 0) is 4.74 Å². The highest BCUT2D eigenvalue weighted by atomic mass is 16.5. The Morgan fingerprint density at radius 2 is 2.20 bits per heavy atom. The third-order valence-electron chi connectivity index (χ3n) is 2.01. The molecule has 0 radical (unpaired) electrons. The summed E-state index contributed by atoms with van der Waals surface area (Å²) in [4.78, 5) is 0. The molecule has 0 aromatic carbocycles. The van der Waals surface area contributed by atoms with Gasteiger partial charge in [0.15, 0.2) is 0 Å². The number of aliphatic hydroxyl groups excluding tert-OH is 1. The molecule has 0 saturated heterocycles. The topological polar surface area (TPSA) is 49.7 Å². The summed E-state index contributed by atoms with van der Waals surface area (Å²) in [5.41, 5.74) is -0.964. The number of hydrogen-bond donors (Lipinski definition) is 2. The van der Waals surface area contributed by atoms with Gasteiger partial charge in [-0.05, 0) is 18.8 Å². The first kappa shape index (κ1) is 7.98. The maximum Gasteiger partial charge on any atom is 0.114 e. The summed E-state index contributed by atoms with van der Waals surface area (Å²) in [6, 6.07) is 0. The molecule has 1 saturated carbocycles. The minimum absolute atomic E-state index is 0.189. The average molecular weight is 146 g/mol. The number of rotatable bonds is 4. The molecule has 1 rings (SSSR count). The minimum atomic E-state index is -0.964. The van der Waals surface area contributed by atoms with Crippen LogP contribution in [-0.4, -0.2) is 36.1 Å². The summed E-state index contributed by atoms with van der Waals surface area (Å²) >= 11 is 0. The van der Waals surface area contributed by atoms with E-state index in [1.807, 2.05) is 0 Å². The summed E-state index contributed by atoms with van der Waals surface area (Å²) in [5.74, 6) is 0.262. The Hall–Kier alpha value is -0.120. The zero-order valence-electron chi connectivity index (χ0n) is 6.21. The molecule has 0 bridgehead atoms. The molecule has 1 aliphatic rings. The monoisotopic (exact) mass is 146 g/mol. The van der Waals surface area contributed by atoms with Gasteiger partial charge in [-0.3, -0.25) is 0 Å². The van der Waals surface area contributed by atoms with Crippen LogP contribution in [0.15, 0.2) is 0 Å². The third-order valence-corrected chi connectivity index (χ3v) is 2.01. The molecule has 0 spiro atoms. The highest BCUT2D eigenvalue weighted by Crippen LogP contribution is 2.39. The van der Waals surface area contributed by atoms with E-state index in [4.69, 9.17) is 9.84 Å². The van der Waals surface area contributed by atoms with Gasteiger partial charge in [0.2, 0.25) is 0 Å². The Bertz CT molecular complexity index is 111. The summed E-state index contributed by atoms with van der Waals surface area (Å²) < 4.78 is 4.79. The number of aliphatic hydroxyl groups is 2. The van der Waals surface area contributed by atoms with Crippen LogP contribution >= 0.6 is 0 Å². The van der Waals surface area contributed by atoms with Gasteiger partial charge in [0.1, 0.15) is 5.60 Å².